The van der Waals surface area contributed by atoms with Crippen LogP contribution in [0.15, 0.2) is 0 Å². The largest absolute Gasteiger partial charge is 0.316 e. The fourth-order valence-electron chi connectivity index (χ4n) is 2.63. The molecule has 0 amide bonds. The van der Waals surface area contributed by atoms with E-state index < -0.39 is 0 Å². The van der Waals surface area contributed by atoms with Crippen LogP contribution in [0.2, 0.25) is 0 Å². The van der Waals surface area contributed by atoms with Gasteiger partial charge in [-0.05, 0) is 13.5 Å². The van der Waals surface area contributed by atoms with E-state index >= 15 is 0 Å². The molecule has 2 atom stereocenters. The van der Waals surface area contributed by atoms with Crippen molar-refractivity contribution in [3.63, 3.8) is 0 Å². The maximum atomic E-state index is 11.4. The molecule has 0 aromatic carbocycles. The van der Waals surface area contributed by atoms with Crippen LogP contribution in [-0.2, 0) is 7.05 Å². The number of likely N-dealkylation sites (N-methyl/N-ethyl adjacent to an activating group) is 1. The first kappa shape index (κ1) is 15.6. The fourth-order valence-corrected chi connectivity index (χ4v) is 2.63. The second-order valence-electron chi connectivity index (χ2n) is 5.25. The van der Waals surface area contributed by atoms with E-state index in [0.717, 1.165) is 6.42 Å². The topological polar surface area (TPSA) is 73.0 Å². The summed E-state index contributed by atoms with van der Waals surface area (Å²) in [6.45, 7) is 7.94. The first-order valence-corrected chi connectivity index (χ1v) is 6.73. The van der Waals surface area contributed by atoms with Gasteiger partial charge in [-0.2, -0.15) is 5.10 Å². The summed E-state index contributed by atoms with van der Waals surface area (Å²) >= 11 is 0. The molecular weight excluding hydrogens is 244 g/mol. The van der Waals surface area contributed by atoms with Gasteiger partial charge < -0.3 is 5.32 Å². The maximum absolute atomic E-state index is 11.4. The average molecular weight is 268 g/mol. The van der Waals surface area contributed by atoms with Crippen molar-refractivity contribution in [3.05, 3.63) is 21.5 Å². The Morgan fingerprint density at radius 1 is 1.42 bits per heavy atom. The molecule has 0 spiro atoms. The lowest BCUT2D eigenvalue weighted by Crippen LogP contribution is -2.31. The van der Waals surface area contributed by atoms with Crippen LogP contribution in [0.4, 0.5) is 5.69 Å². The van der Waals surface area contributed by atoms with Gasteiger partial charge in [0.25, 0.3) is 0 Å². The average Bonchev–Trinajstić information content (AvgIpc) is 2.68. The van der Waals surface area contributed by atoms with E-state index in [2.05, 4.69) is 17.3 Å². The zero-order valence-corrected chi connectivity index (χ0v) is 12.6. The Kier molecular flexibility index (Phi) is 5.05. The Balaban J connectivity index is 3.37. The van der Waals surface area contributed by atoms with Crippen molar-refractivity contribution in [2.24, 2.45) is 7.05 Å². The van der Waals surface area contributed by atoms with Crippen molar-refractivity contribution in [3.8, 4) is 0 Å². The number of nitrogens with zero attached hydrogens (tertiary/aromatic N) is 3. The van der Waals surface area contributed by atoms with Crippen molar-refractivity contribution in [2.45, 2.75) is 52.0 Å². The molecule has 0 saturated carbocycles. The first-order valence-electron chi connectivity index (χ1n) is 6.73. The highest BCUT2D eigenvalue weighted by atomic mass is 16.6. The molecule has 1 aromatic rings. The molecule has 0 fully saturated rings. The van der Waals surface area contributed by atoms with Gasteiger partial charge in [0.1, 0.15) is 11.4 Å². The SMILES string of the molecule is CCC(NC)C(C)c1c([N+](=O)[O-])c(C(C)C)nn1C. The van der Waals surface area contributed by atoms with E-state index in [1.165, 1.54) is 0 Å². The molecule has 1 heterocycles. The third kappa shape index (κ3) is 2.94. The predicted octanol–water partition coefficient (Wildman–Crippen LogP) is 2.55. The Morgan fingerprint density at radius 2 is 2.00 bits per heavy atom. The van der Waals surface area contributed by atoms with Gasteiger partial charge in [-0.3, -0.25) is 14.8 Å². The summed E-state index contributed by atoms with van der Waals surface area (Å²) < 4.78 is 1.66. The smallest absolute Gasteiger partial charge is 0.313 e. The van der Waals surface area contributed by atoms with Crippen LogP contribution in [-0.4, -0.2) is 27.8 Å². The third-order valence-corrected chi connectivity index (χ3v) is 3.67. The highest BCUT2D eigenvalue weighted by Crippen LogP contribution is 2.35. The standard InChI is InChI=1S/C13H24N4O2/c1-7-10(14-5)9(4)12-13(17(18)19)11(8(2)3)15-16(12)6/h8-10,14H,7H2,1-6H3. The van der Waals surface area contributed by atoms with Crippen LogP contribution < -0.4 is 5.32 Å². The number of nitrogens with one attached hydrogen (secondary N) is 1. The van der Waals surface area contributed by atoms with Crippen LogP contribution in [0.5, 0.6) is 0 Å². The molecule has 0 aliphatic carbocycles. The normalized spacial score (nSPS) is 14.7. The highest BCUT2D eigenvalue weighted by molar-refractivity contribution is 5.45. The molecular formula is C13H24N4O2. The molecule has 0 saturated heterocycles. The number of rotatable bonds is 6. The summed E-state index contributed by atoms with van der Waals surface area (Å²) in [5.74, 6) is 0.0858. The third-order valence-electron chi connectivity index (χ3n) is 3.67. The van der Waals surface area contributed by atoms with Crippen LogP contribution in [0.1, 0.15) is 57.3 Å². The molecule has 6 heteroatoms. The molecule has 2 unspecified atom stereocenters. The lowest BCUT2D eigenvalue weighted by molar-refractivity contribution is -0.386. The van der Waals surface area contributed by atoms with Crippen molar-refractivity contribution in [2.75, 3.05) is 7.05 Å². The summed E-state index contributed by atoms with van der Waals surface area (Å²) in [5, 5.41) is 19.0. The van der Waals surface area contributed by atoms with E-state index in [4.69, 9.17) is 0 Å². The number of hydrogen-bond acceptors (Lipinski definition) is 4. The summed E-state index contributed by atoms with van der Waals surface area (Å²) in [5.41, 5.74) is 1.45. The monoisotopic (exact) mass is 268 g/mol. The summed E-state index contributed by atoms with van der Waals surface area (Å²) in [7, 11) is 3.67. The van der Waals surface area contributed by atoms with Gasteiger partial charge in [-0.1, -0.05) is 27.7 Å². The summed E-state index contributed by atoms with van der Waals surface area (Å²) in [6, 6.07) is 0.203. The van der Waals surface area contributed by atoms with E-state index in [1.54, 1.807) is 11.7 Å². The molecule has 1 aromatic heterocycles. The van der Waals surface area contributed by atoms with Gasteiger partial charge >= 0.3 is 5.69 Å². The van der Waals surface area contributed by atoms with Crippen LogP contribution in [0.3, 0.4) is 0 Å². The summed E-state index contributed by atoms with van der Waals surface area (Å²) in [4.78, 5) is 11.1. The molecule has 0 radical (unpaired) electrons. The van der Waals surface area contributed by atoms with Gasteiger partial charge in [0.05, 0.1) is 4.92 Å². The summed E-state index contributed by atoms with van der Waals surface area (Å²) in [6.07, 6.45) is 0.914. The Bertz CT molecular complexity index is 450. The van der Waals surface area contributed by atoms with Crippen LogP contribution in [0.25, 0.3) is 0 Å². The minimum absolute atomic E-state index is 0.0420. The molecule has 19 heavy (non-hydrogen) atoms. The second-order valence-corrected chi connectivity index (χ2v) is 5.25. The van der Waals surface area contributed by atoms with Gasteiger partial charge in [-0.25, -0.2) is 0 Å². The van der Waals surface area contributed by atoms with Gasteiger partial charge in [0.15, 0.2) is 0 Å². The molecule has 1 rings (SSSR count). The molecule has 108 valence electrons. The van der Waals surface area contributed by atoms with E-state index in [1.807, 2.05) is 27.8 Å². The first-order chi connectivity index (χ1) is 8.84. The Morgan fingerprint density at radius 3 is 2.37 bits per heavy atom. The lowest BCUT2D eigenvalue weighted by atomic mass is 9.94. The van der Waals surface area contributed by atoms with E-state index in [0.29, 0.717) is 11.4 Å². The lowest BCUT2D eigenvalue weighted by Gasteiger charge is -2.21. The minimum Gasteiger partial charge on any atom is -0.316 e. The Hall–Kier alpha value is -1.43. The quantitative estimate of drug-likeness (QED) is 0.635. The van der Waals surface area contributed by atoms with Crippen molar-refractivity contribution in [1.29, 1.82) is 0 Å². The number of nitro groups is 1. The van der Waals surface area contributed by atoms with Crippen LogP contribution in [0, 0.1) is 10.1 Å². The zero-order chi connectivity index (χ0) is 14.7. The molecule has 0 bridgehead atoms. The van der Waals surface area contributed by atoms with Gasteiger partial charge in [-0.15, -0.1) is 0 Å². The van der Waals surface area contributed by atoms with Crippen molar-refractivity contribution >= 4 is 5.69 Å². The molecule has 0 aliphatic rings. The maximum Gasteiger partial charge on any atom is 0.313 e. The zero-order valence-electron chi connectivity index (χ0n) is 12.6. The molecule has 0 aliphatic heterocycles. The molecule has 6 nitrogen and oxygen atoms in total. The minimum atomic E-state index is -0.295. The Labute approximate surface area is 114 Å². The van der Waals surface area contributed by atoms with Crippen molar-refractivity contribution < 1.29 is 4.92 Å². The molecule has 1 N–H and O–H groups in total. The highest BCUT2D eigenvalue weighted by Gasteiger charge is 2.33. The number of aromatic nitrogens is 2. The predicted molar refractivity (Wildman–Crippen MR) is 75.5 cm³/mol. The van der Waals surface area contributed by atoms with E-state index in [9.17, 15) is 10.1 Å². The van der Waals surface area contributed by atoms with Crippen LogP contribution >= 0.6 is 0 Å². The van der Waals surface area contributed by atoms with Gasteiger partial charge in [0, 0.05) is 24.9 Å². The van der Waals surface area contributed by atoms with E-state index in [-0.39, 0.29) is 28.5 Å². The van der Waals surface area contributed by atoms with Crippen molar-refractivity contribution in [1.82, 2.24) is 15.1 Å². The number of aryl methyl sites for hydroxylation is 1. The number of hydrogen-bond donors (Lipinski definition) is 1. The van der Waals surface area contributed by atoms with Gasteiger partial charge in [0.2, 0.25) is 0 Å². The fraction of sp³-hybridized carbons (Fsp3) is 0.769. The second kappa shape index (κ2) is 6.14.